The molecule has 0 saturated heterocycles. The minimum absolute atomic E-state index is 0.0362. The highest BCUT2D eigenvalue weighted by Crippen LogP contribution is 2.46. The number of benzene rings is 2. The molecular formula is C24H23Cl2N3O2. The fourth-order valence-corrected chi connectivity index (χ4v) is 4.85. The van der Waals surface area contributed by atoms with Gasteiger partial charge in [0.1, 0.15) is 25.3 Å². The summed E-state index contributed by atoms with van der Waals surface area (Å²) in [6, 6.07) is 13.0. The molecule has 2 atom stereocenters. The van der Waals surface area contributed by atoms with Crippen molar-refractivity contribution in [3.05, 3.63) is 68.7 Å². The molecule has 0 bridgehead atoms. The summed E-state index contributed by atoms with van der Waals surface area (Å²) < 4.78 is 11.6. The Morgan fingerprint density at radius 3 is 1.55 bits per heavy atom. The van der Waals surface area contributed by atoms with E-state index in [1.54, 1.807) is 0 Å². The molecule has 2 saturated carbocycles. The van der Waals surface area contributed by atoms with Crippen LogP contribution in [0.15, 0.2) is 46.4 Å². The Morgan fingerprint density at radius 2 is 1.13 bits per heavy atom. The van der Waals surface area contributed by atoms with Gasteiger partial charge in [0.25, 0.3) is 12.0 Å². The first-order valence-corrected chi connectivity index (χ1v) is 11.7. The summed E-state index contributed by atoms with van der Waals surface area (Å²) in [4.78, 5) is 9.50. The predicted molar refractivity (Wildman–Crippen MR) is 122 cm³/mol. The van der Waals surface area contributed by atoms with Crippen LogP contribution < -0.4 is 5.32 Å². The van der Waals surface area contributed by atoms with Crippen LogP contribution in [-0.4, -0.2) is 25.3 Å². The molecule has 2 heterocycles. The van der Waals surface area contributed by atoms with Gasteiger partial charge in [0, 0.05) is 10.0 Å². The number of ether oxygens (including phenoxy) is 2. The third kappa shape index (κ3) is 4.01. The van der Waals surface area contributed by atoms with Gasteiger partial charge >= 0.3 is 0 Å². The van der Waals surface area contributed by atoms with Gasteiger partial charge in [-0.25, -0.2) is 9.98 Å². The smallest absolute Gasteiger partial charge is 0.293 e. The highest BCUT2D eigenvalue weighted by Gasteiger charge is 2.33. The van der Waals surface area contributed by atoms with Gasteiger partial charge in [-0.15, -0.1) is 0 Å². The lowest BCUT2D eigenvalue weighted by Gasteiger charge is -2.12. The number of hydrogen-bond acceptors (Lipinski definition) is 5. The Labute approximate surface area is 191 Å². The molecule has 0 aromatic heterocycles. The van der Waals surface area contributed by atoms with Crippen molar-refractivity contribution in [2.75, 3.05) is 13.2 Å². The van der Waals surface area contributed by atoms with E-state index < -0.39 is 0 Å². The highest BCUT2D eigenvalue weighted by molar-refractivity contribution is 6.31. The van der Waals surface area contributed by atoms with Crippen molar-refractivity contribution >= 4 is 35.2 Å². The molecule has 0 radical (unpaired) electrons. The molecule has 160 valence electrons. The minimum atomic E-state index is -0.0362. The number of aliphatic imine (C=N–C) groups is 2. The van der Waals surface area contributed by atoms with Crippen molar-refractivity contribution in [2.24, 2.45) is 9.98 Å². The zero-order chi connectivity index (χ0) is 20.9. The van der Waals surface area contributed by atoms with E-state index >= 15 is 0 Å². The van der Waals surface area contributed by atoms with Gasteiger partial charge < -0.3 is 9.47 Å². The molecule has 1 N–H and O–H groups in total. The second-order valence-corrected chi connectivity index (χ2v) is 9.62. The lowest BCUT2D eigenvalue weighted by atomic mass is 9.98. The van der Waals surface area contributed by atoms with Crippen LogP contribution in [0.1, 0.15) is 71.9 Å². The van der Waals surface area contributed by atoms with E-state index in [4.69, 9.17) is 42.7 Å². The Balaban J connectivity index is 1.19. The average molecular weight is 456 g/mol. The van der Waals surface area contributed by atoms with Crippen molar-refractivity contribution in [3.8, 4) is 0 Å². The van der Waals surface area contributed by atoms with E-state index in [-0.39, 0.29) is 12.1 Å². The average Bonchev–Trinajstić information content (AvgIpc) is 3.69. The van der Waals surface area contributed by atoms with Gasteiger partial charge in [0.05, 0.1) is 0 Å². The summed E-state index contributed by atoms with van der Waals surface area (Å²) in [6.45, 7) is 1.01. The summed E-state index contributed by atoms with van der Waals surface area (Å²) in [5.74, 6) is 1.20. The van der Waals surface area contributed by atoms with Gasteiger partial charge in [-0.2, -0.15) is 0 Å². The number of halogens is 2. The van der Waals surface area contributed by atoms with Gasteiger partial charge in [0.15, 0.2) is 0 Å². The Bertz CT molecular complexity index is 1010. The molecule has 0 amide bonds. The number of nitrogens with one attached hydrogen (secondary N) is 1. The Morgan fingerprint density at radius 1 is 0.677 bits per heavy atom. The standard InChI is InChI=1S/C24H23Cl2N3O2/c25-15-5-7-17(19(9-15)13-1-2-13)21-11-30-23(27-21)29-24-28-22(12-31-24)18-8-6-16(26)10-20(18)14-3-4-14/h5-10,13-14,21-22H,1-4,11-12H2,(H,27,28,29). The first-order valence-electron chi connectivity index (χ1n) is 10.9. The van der Waals surface area contributed by atoms with Crippen molar-refractivity contribution in [3.63, 3.8) is 0 Å². The van der Waals surface area contributed by atoms with E-state index in [2.05, 4.69) is 29.6 Å². The maximum absolute atomic E-state index is 6.23. The Hall–Kier alpha value is -2.24. The van der Waals surface area contributed by atoms with E-state index in [1.165, 1.54) is 47.9 Å². The normalized spacial score (nSPS) is 25.0. The van der Waals surface area contributed by atoms with Crippen LogP contribution in [0.4, 0.5) is 0 Å². The summed E-state index contributed by atoms with van der Waals surface area (Å²) >= 11 is 12.5. The summed E-state index contributed by atoms with van der Waals surface area (Å²) in [5, 5.41) is 4.69. The molecule has 2 aliphatic carbocycles. The zero-order valence-electron chi connectivity index (χ0n) is 17.0. The summed E-state index contributed by atoms with van der Waals surface area (Å²) in [7, 11) is 0. The van der Waals surface area contributed by atoms with E-state index in [9.17, 15) is 0 Å². The molecular weight excluding hydrogens is 433 g/mol. The van der Waals surface area contributed by atoms with Gasteiger partial charge in [-0.1, -0.05) is 35.3 Å². The summed E-state index contributed by atoms with van der Waals surface area (Å²) in [5.41, 5.74) is 5.00. The van der Waals surface area contributed by atoms with Crippen molar-refractivity contribution in [1.82, 2.24) is 5.32 Å². The van der Waals surface area contributed by atoms with Gasteiger partial charge in [-0.3, -0.25) is 5.32 Å². The SMILES string of the molecule is Clc1ccc(C2COC(NC3=NC(c4ccc(Cl)cc4C4CC4)CO3)=N2)c(C2CC2)c1. The van der Waals surface area contributed by atoms with Crippen LogP contribution >= 0.6 is 23.2 Å². The van der Waals surface area contributed by atoms with Crippen LogP contribution in [0.25, 0.3) is 0 Å². The molecule has 6 rings (SSSR count). The first-order chi connectivity index (χ1) is 15.1. The largest absolute Gasteiger partial charge is 0.462 e. The summed E-state index contributed by atoms with van der Waals surface area (Å²) in [6.07, 6.45) is 4.87. The van der Waals surface area contributed by atoms with E-state index in [0.29, 0.717) is 37.1 Å². The van der Waals surface area contributed by atoms with Crippen LogP contribution in [-0.2, 0) is 9.47 Å². The van der Waals surface area contributed by atoms with Crippen LogP contribution in [0, 0.1) is 0 Å². The minimum Gasteiger partial charge on any atom is -0.462 e. The molecule has 2 aliphatic heterocycles. The van der Waals surface area contributed by atoms with Crippen molar-refractivity contribution < 1.29 is 9.47 Å². The zero-order valence-corrected chi connectivity index (χ0v) is 18.5. The third-order valence-electron chi connectivity index (χ3n) is 6.37. The maximum atomic E-state index is 6.23. The van der Waals surface area contributed by atoms with E-state index in [0.717, 1.165) is 10.0 Å². The molecule has 4 aliphatic rings. The van der Waals surface area contributed by atoms with Gasteiger partial charge in [0.2, 0.25) is 0 Å². The lowest BCUT2D eigenvalue weighted by molar-refractivity contribution is 0.292. The predicted octanol–water partition coefficient (Wildman–Crippen LogP) is 5.89. The maximum Gasteiger partial charge on any atom is 0.293 e. The molecule has 2 aromatic rings. The number of hydrogen-bond donors (Lipinski definition) is 1. The van der Waals surface area contributed by atoms with Crippen LogP contribution in [0.2, 0.25) is 10.0 Å². The Kier molecular flexibility index (Phi) is 4.84. The highest BCUT2D eigenvalue weighted by atomic mass is 35.5. The molecule has 2 aromatic carbocycles. The van der Waals surface area contributed by atoms with Crippen molar-refractivity contribution in [1.29, 1.82) is 0 Å². The lowest BCUT2D eigenvalue weighted by Crippen LogP contribution is -2.30. The second-order valence-electron chi connectivity index (χ2n) is 8.74. The monoisotopic (exact) mass is 455 g/mol. The molecule has 31 heavy (non-hydrogen) atoms. The van der Waals surface area contributed by atoms with Crippen LogP contribution in [0.5, 0.6) is 0 Å². The van der Waals surface area contributed by atoms with Crippen molar-refractivity contribution in [2.45, 2.75) is 49.6 Å². The number of rotatable bonds is 4. The van der Waals surface area contributed by atoms with Crippen LogP contribution in [0.3, 0.4) is 0 Å². The molecule has 7 heteroatoms. The molecule has 0 spiro atoms. The molecule has 2 fully saturated rings. The number of amidine groups is 2. The molecule has 5 nitrogen and oxygen atoms in total. The second kappa shape index (κ2) is 7.72. The number of nitrogens with zero attached hydrogens (tertiary/aromatic N) is 2. The molecule has 2 unspecified atom stereocenters. The quantitative estimate of drug-likeness (QED) is 0.624. The van der Waals surface area contributed by atoms with E-state index in [1.807, 2.05) is 12.1 Å². The van der Waals surface area contributed by atoms with Gasteiger partial charge in [-0.05, 0) is 84.0 Å². The topological polar surface area (TPSA) is 55.2 Å². The first kappa shape index (κ1) is 19.4. The third-order valence-corrected chi connectivity index (χ3v) is 6.84. The fraction of sp³-hybridized carbons (Fsp3) is 0.417. The fourth-order valence-electron chi connectivity index (χ4n) is 4.49.